The van der Waals surface area contributed by atoms with Crippen LogP contribution in [0.25, 0.3) is 55.0 Å². The normalized spacial score (nSPS) is 16.8. The summed E-state index contributed by atoms with van der Waals surface area (Å²) in [6.07, 6.45) is 6.85. The fourth-order valence-corrected chi connectivity index (χ4v) is 10.1. The largest absolute Gasteiger partial charge is 0.493 e. The third kappa shape index (κ3) is 6.93. The molecule has 0 spiro atoms. The zero-order chi connectivity index (χ0) is 42.8. The number of ether oxygens (including phenoxy) is 4. The van der Waals surface area contributed by atoms with E-state index in [1.165, 1.54) is 0 Å². The molecule has 14 nitrogen and oxygen atoms in total. The molecule has 0 aliphatic heterocycles. The summed E-state index contributed by atoms with van der Waals surface area (Å²) in [6.45, 7) is 0. The second-order valence-electron chi connectivity index (χ2n) is 16.1. The number of fused-ring (bicyclic) bond motifs is 6. The number of nitrogens with one attached hydrogen (secondary N) is 4. The van der Waals surface area contributed by atoms with E-state index in [1.54, 1.807) is 37.8 Å². The second-order valence-corrected chi connectivity index (χ2v) is 17.9. The van der Waals surface area contributed by atoms with Crippen LogP contribution in [-0.4, -0.2) is 70.1 Å². The summed E-state index contributed by atoms with van der Waals surface area (Å²) in [6, 6.07) is 21.4. The van der Waals surface area contributed by atoms with Gasteiger partial charge in [-0.3, -0.25) is 19.8 Å². The Bertz CT molecular complexity index is 3170. The average molecular weight is 965 g/mol. The molecular weight excluding hydrogens is 920 g/mol. The highest BCUT2D eigenvalue weighted by Crippen LogP contribution is 2.41. The molecule has 2 aliphatic rings. The number of methoxy groups -OCH3 is 4. The fraction of sp³-hybridized carbons (Fsp3) is 0.304. The summed E-state index contributed by atoms with van der Waals surface area (Å²) in [4.78, 5) is 38.9. The number of H-pyrrole nitrogens is 2. The van der Waals surface area contributed by atoms with Gasteiger partial charge in [-0.1, -0.05) is 44.7 Å². The molecule has 4 aromatic carbocycles. The molecule has 4 aromatic heterocycles. The zero-order valence-electron chi connectivity index (χ0n) is 34.5. The Hall–Kier alpha value is -6.00. The van der Waals surface area contributed by atoms with Gasteiger partial charge in [-0.2, -0.15) is 0 Å². The van der Waals surface area contributed by atoms with Gasteiger partial charge in [0.25, 0.3) is 11.1 Å². The van der Waals surface area contributed by atoms with Crippen molar-refractivity contribution in [3.05, 3.63) is 102 Å². The number of nitrogens with zero attached hydrogens (tertiary/aromatic N) is 4. The van der Waals surface area contributed by atoms with E-state index in [9.17, 15) is 9.59 Å². The van der Waals surface area contributed by atoms with Gasteiger partial charge in [0, 0.05) is 43.9 Å². The lowest BCUT2D eigenvalue weighted by molar-refractivity contribution is 0.356. The molecule has 10 rings (SSSR count). The topological polar surface area (TPSA) is 162 Å². The molecule has 2 aliphatic carbocycles. The van der Waals surface area contributed by atoms with Gasteiger partial charge in [0.15, 0.2) is 23.0 Å². The van der Waals surface area contributed by atoms with E-state index in [1.807, 2.05) is 54.6 Å². The SMILES string of the molecule is COc1cc2nc(NC3CCCC3)c3c(=O)n(-c4cc(Br)cc(C5CCC(Nc6nc7cc(OC)c(OC)cc7c7[nH]n(-c8ccc(Br)cc8)c(=O)c67)C5)c4)[nH]c3c2cc1OC. The molecule has 2 saturated carbocycles. The second kappa shape index (κ2) is 16.0. The Morgan fingerprint density at radius 3 is 1.66 bits per heavy atom. The summed E-state index contributed by atoms with van der Waals surface area (Å²) in [5.41, 5.74) is 4.73. The van der Waals surface area contributed by atoms with Crippen LogP contribution in [0.5, 0.6) is 23.0 Å². The number of hydrogen-bond donors (Lipinski definition) is 4. The predicted molar refractivity (Wildman–Crippen MR) is 250 cm³/mol. The van der Waals surface area contributed by atoms with Crippen LogP contribution in [0, 0.1) is 0 Å². The third-order valence-corrected chi connectivity index (χ3v) is 13.4. The molecule has 16 heteroatoms. The summed E-state index contributed by atoms with van der Waals surface area (Å²) in [5, 5.41) is 16.6. The van der Waals surface area contributed by atoms with Crippen molar-refractivity contribution >= 4 is 87.1 Å². The van der Waals surface area contributed by atoms with E-state index in [0.29, 0.717) is 78.8 Å². The molecule has 62 heavy (non-hydrogen) atoms. The van der Waals surface area contributed by atoms with Crippen LogP contribution in [0.15, 0.2) is 85.3 Å². The lowest BCUT2D eigenvalue weighted by atomic mass is 9.97. The number of rotatable bonds is 11. The highest BCUT2D eigenvalue weighted by atomic mass is 79.9. The molecule has 2 unspecified atom stereocenters. The Balaban J connectivity index is 1.01. The van der Waals surface area contributed by atoms with Crippen LogP contribution in [0.3, 0.4) is 0 Å². The molecule has 318 valence electrons. The maximum atomic E-state index is 14.6. The van der Waals surface area contributed by atoms with Gasteiger partial charge in [-0.05, 0) is 98.2 Å². The first-order chi connectivity index (χ1) is 30.1. The molecule has 2 atom stereocenters. The average Bonchev–Trinajstić information content (AvgIpc) is 4.10. The molecule has 0 bridgehead atoms. The Morgan fingerprint density at radius 2 is 1.11 bits per heavy atom. The van der Waals surface area contributed by atoms with E-state index in [-0.39, 0.29) is 29.1 Å². The monoisotopic (exact) mass is 962 g/mol. The molecular formula is C46H44Br2N8O6. The first kappa shape index (κ1) is 40.1. The maximum absolute atomic E-state index is 14.6. The number of halogens is 2. The minimum Gasteiger partial charge on any atom is -0.493 e. The van der Waals surface area contributed by atoms with Crippen LogP contribution in [-0.2, 0) is 0 Å². The van der Waals surface area contributed by atoms with Gasteiger partial charge in [0.2, 0.25) is 0 Å². The number of pyridine rings is 2. The highest BCUT2D eigenvalue weighted by molar-refractivity contribution is 9.10. The molecule has 2 fully saturated rings. The molecule has 0 amide bonds. The molecule has 0 radical (unpaired) electrons. The number of aromatic amines is 2. The van der Waals surface area contributed by atoms with E-state index in [0.717, 1.165) is 70.2 Å². The fourth-order valence-electron chi connectivity index (χ4n) is 9.37. The Morgan fingerprint density at radius 1 is 0.597 bits per heavy atom. The lowest BCUT2D eigenvalue weighted by Crippen LogP contribution is -2.20. The highest BCUT2D eigenvalue weighted by Gasteiger charge is 2.30. The quantitative estimate of drug-likeness (QED) is 0.0982. The van der Waals surface area contributed by atoms with E-state index in [4.69, 9.17) is 28.9 Å². The lowest BCUT2D eigenvalue weighted by Gasteiger charge is -2.17. The smallest absolute Gasteiger partial charge is 0.282 e. The van der Waals surface area contributed by atoms with Gasteiger partial charge in [0.1, 0.15) is 22.4 Å². The first-order valence-corrected chi connectivity index (χ1v) is 22.2. The van der Waals surface area contributed by atoms with Crippen LogP contribution in [0.2, 0.25) is 0 Å². The number of benzene rings is 4. The predicted octanol–water partition coefficient (Wildman–Crippen LogP) is 9.71. The van der Waals surface area contributed by atoms with E-state index < -0.39 is 0 Å². The number of anilines is 2. The summed E-state index contributed by atoms with van der Waals surface area (Å²) >= 11 is 7.28. The van der Waals surface area contributed by atoms with Crippen LogP contribution in [0.4, 0.5) is 11.6 Å². The van der Waals surface area contributed by atoms with E-state index >= 15 is 0 Å². The summed E-state index contributed by atoms with van der Waals surface area (Å²) in [5.74, 6) is 3.41. The summed E-state index contributed by atoms with van der Waals surface area (Å²) in [7, 11) is 6.38. The molecule has 8 aromatic rings. The first-order valence-electron chi connectivity index (χ1n) is 20.7. The van der Waals surface area contributed by atoms with Gasteiger partial charge < -0.3 is 29.6 Å². The van der Waals surface area contributed by atoms with Crippen molar-refractivity contribution in [1.82, 2.24) is 29.5 Å². The van der Waals surface area contributed by atoms with Gasteiger partial charge in [0.05, 0.1) is 61.9 Å². The standard InChI is InChI=1S/C46H44Br2N8O6/c1-59-35-19-31-34(22-38(35)62-4)52-44(40-41(31)53-55(45(40)57)29-13-10-25(47)11-14-29)50-28-12-9-23(16-28)24-15-26(48)18-30(17-24)56-46(58)39-42(54-56)32-20-36(60-2)37(61-3)21-33(32)51-43(39)49-27-7-5-6-8-27/h10-11,13-15,17-23,27-28,53-54H,5-9,12,16H2,1-4H3,(H,49,51)(H,50,52). The molecule has 4 N–H and O–H groups in total. The third-order valence-electron chi connectivity index (χ3n) is 12.5. The van der Waals surface area contributed by atoms with Crippen molar-refractivity contribution in [2.75, 3.05) is 39.1 Å². The Labute approximate surface area is 372 Å². The van der Waals surface area contributed by atoms with Gasteiger partial charge >= 0.3 is 0 Å². The van der Waals surface area contributed by atoms with Crippen LogP contribution in [0.1, 0.15) is 56.4 Å². The molecule has 0 saturated heterocycles. The van der Waals surface area contributed by atoms with Crippen molar-refractivity contribution in [3.63, 3.8) is 0 Å². The van der Waals surface area contributed by atoms with E-state index in [2.05, 4.69) is 64.8 Å². The van der Waals surface area contributed by atoms with Crippen molar-refractivity contribution in [3.8, 4) is 34.4 Å². The molecule has 4 heterocycles. The van der Waals surface area contributed by atoms with Gasteiger partial charge in [-0.15, -0.1) is 0 Å². The van der Waals surface area contributed by atoms with Crippen molar-refractivity contribution in [1.29, 1.82) is 0 Å². The number of aromatic nitrogens is 6. The Kier molecular flexibility index (Phi) is 10.4. The minimum absolute atomic E-state index is 0.00980. The minimum atomic E-state index is -0.217. The van der Waals surface area contributed by atoms with Crippen LogP contribution >= 0.6 is 31.9 Å². The van der Waals surface area contributed by atoms with Crippen molar-refractivity contribution < 1.29 is 18.9 Å². The van der Waals surface area contributed by atoms with Gasteiger partial charge in [-0.25, -0.2) is 19.3 Å². The van der Waals surface area contributed by atoms with Crippen LogP contribution < -0.4 is 40.7 Å². The van der Waals surface area contributed by atoms with Crippen molar-refractivity contribution in [2.45, 2.75) is 62.9 Å². The maximum Gasteiger partial charge on any atom is 0.282 e. The number of hydrogen-bond acceptors (Lipinski definition) is 10. The summed E-state index contributed by atoms with van der Waals surface area (Å²) < 4.78 is 27.5. The zero-order valence-corrected chi connectivity index (χ0v) is 37.7. The van der Waals surface area contributed by atoms with Crippen molar-refractivity contribution in [2.24, 2.45) is 0 Å².